The lowest BCUT2D eigenvalue weighted by Gasteiger charge is -2.49. The second kappa shape index (κ2) is 15.9. The number of hydrogen-bond acceptors (Lipinski definition) is 7. The van der Waals surface area contributed by atoms with Crippen molar-refractivity contribution >= 4 is 64.3 Å². The van der Waals surface area contributed by atoms with Gasteiger partial charge < -0.3 is 34.4 Å². The number of hydrogen-bond donors (Lipinski definition) is 2. The minimum Gasteiger partial charge on any atom is -0.485 e. The fourth-order valence-corrected chi connectivity index (χ4v) is 8.73. The summed E-state index contributed by atoms with van der Waals surface area (Å²) in [4.78, 5) is 51.1. The Balaban J connectivity index is 1.20. The number of anilines is 1. The molecule has 2 N–H and O–H groups in total. The third kappa shape index (κ3) is 7.93. The van der Waals surface area contributed by atoms with E-state index in [0.717, 1.165) is 41.8 Å². The van der Waals surface area contributed by atoms with Crippen LogP contribution in [-0.2, 0) is 22.5 Å². The van der Waals surface area contributed by atoms with E-state index in [4.69, 9.17) is 49.3 Å². The van der Waals surface area contributed by atoms with Crippen molar-refractivity contribution in [3.05, 3.63) is 91.6 Å². The number of ether oxygens (including phenoxy) is 2. The number of carboxylic acid groups (broad SMARTS) is 2. The van der Waals surface area contributed by atoms with Crippen LogP contribution in [0.2, 0.25) is 15.1 Å². The number of pyridine rings is 1. The molecule has 3 aromatic rings. The van der Waals surface area contributed by atoms with E-state index in [1.165, 1.54) is 9.80 Å². The molecule has 3 atom stereocenters. The minimum absolute atomic E-state index is 0.00495. The highest BCUT2D eigenvalue weighted by Gasteiger charge is 2.49. The summed E-state index contributed by atoms with van der Waals surface area (Å²) in [5, 5.41) is 21.9. The van der Waals surface area contributed by atoms with Gasteiger partial charge in [-0.2, -0.15) is 0 Å². The summed E-state index contributed by atoms with van der Waals surface area (Å²) >= 11 is 19.6. The molecule has 7 rings (SSSR count). The average Bonchev–Trinajstić information content (AvgIpc) is 3.87. The molecule has 3 amide bonds. The van der Waals surface area contributed by atoms with Crippen LogP contribution in [0.4, 0.5) is 15.4 Å². The summed E-state index contributed by atoms with van der Waals surface area (Å²) in [6.45, 7) is 3.76. The molecule has 1 aromatic heterocycles. The number of aryl methyl sites for hydroxylation is 1. The van der Waals surface area contributed by atoms with E-state index in [0.29, 0.717) is 58.1 Å². The summed E-state index contributed by atoms with van der Waals surface area (Å²) in [6.07, 6.45) is 2.37. The number of amides is 3. The average molecular weight is 799 g/mol. The van der Waals surface area contributed by atoms with Crippen molar-refractivity contribution in [2.75, 3.05) is 44.8 Å². The van der Waals surface area contributed by atoms with E-state index in [1.807, 2.05) is 49.4 Å². The number of methoxy groups -OCH3 is 1. The van der Waals surface area contributed by atoms with E-state index < -0.39 is 24.3 Å². The van der Waals surface area contributed by atoms with Gasteiger partial charge in [0.05, 0.1) is 35.3 Å². The predicted molar refractivity (Wildman–Crippen MR) is 206 cm³/mol. The SMILES string of the molecule is COCCc1ccc(Cl)c(CN(C(=O)C2=C(c3ccc(N4CC[C@@H](Oc5c(Cl)cc(C)cc5Cl)C4)nc3)C[C@H]3CN(C(=O)O)C[C@@H]2N3C(=O)O)C2CC2)c1. The lowest BCUT2D eigenvalue weighted by molar-refractivity contribution is -0.129. The predicted octanol–water partition coefficient (Wildman–Crippen LogP) is 7.26. The molecular formula is C39H42Cl3N5O7. The number of aromatic nitrogens is 1. The summed E-state index contributed by atoms with van der Waals surface area (Å²) in [6, 6.07) is 11.4. The van der Waals surface area contributed by atoms with Crippen LogP contribution in [0.15, 0.2) is 54.2 Å². The van der Waals surface area contributed by atoms with Crippen LogP contribution in [0.5, 0.6) is 5.75 Å². The van der Waals surface area contributed by atoms with E-state index in [2.05, 4.69) is 4.90 Å². The van der Waals surface area contributed by atoms with Gasteiger partial charge in [0.25, 0.3) is 5.91 Å². The molecule has 3 aliphatic heterocycles. The van der Waals surface area contributed by atoms with Crippen LogP contribution in [0.1, 0.15) is 47.9 Å². The van der Waals surface area contributed by atoms with E-state index in [-0.39, 0.29) is 49.7 Å². The summed E-state index contributed by atoms with van der Waals surface area (Å²) in [7, 11) is 1.64. The maximum Gasteiger partial charge on any atom is 0.408 e. The van der Waals surface area contributed by atoms with E-state index >= 15 is 0 Å². The van der Waals surface area contributed by atoms with Crippen LogP contribution in [0.25, 0.3) is 5.57 Å². The molecule has 0 unspecified atom stereocenters. The zero-order chi connectivity index (χ0) is 38.3. The number of fused-ring (bicyclic) bond motifs is 2. The number of piperazine rings is 1. The molecule has 4 heterocycles. The Bertz CT molecular complexity index is 1950. The normalized spacial score (nSPS) is 21.1. The third-order valence-electron chi connectivity index (χ3n) is 10.7. The Morgan fingerprint density at radius 3 is 2.35 bits per heavy atom. The largest absolute Gasteiger partial charge is 0.485 e. The van der Waals surface area contributed by atoms with Crippen molar-refractivity contribution in [1.29, 1.82) is 0 Å². The van der Waals surface area contributed by atoms with Crippen LogP contribution in [0, 0.1) is 6.92 Å². The highest BCUT2D eigenvalue weighted by Crippen LogP contribution is 2.42. The van der Waals surface area contributed by atoms with Gasteiger partial charge >= 0.3 is 12.2 Å². The maximum absolute atomic E-state index is 15.0. The van der Waals surface area contributed by atoms with Gasteiger partial charge in [-0.05, 0) is 90.8 Å². The van der Waals surface area contributed by atoms with Gasteiger partial charge in [-0.25, -0.2) is 14.6 Å². The second-order valence-corrected chi connectivity index (χ2v) is 15.6. The first-order valence-electron chi connectivity index (χ1n) is 18.0. The Labute approximate surface area is 328 Å². The van der Waals surface area contributed by atoms with Crippen molar-refractivity contribution in [3.8, 4) is 5.75 Å². The first kappa shape index (κ1) is 38.1. The first-order valence-corrected chi connectivity index (χ1v) is 19.2. The highest BCUT2D eigenvalue weighted by molar-refractivity contribution is 6.37. The molecular weight excluding hydrogens is 757 g/mol. The molecule has 2 aromatic carbocycles. The molecule has 0 radical (unpaired) electrons. The second-order valence-electron chi connectivity index (χ2n) is 14.4. The Kier molecular flexibility index (Phi) is 11.2. The number of halogens is 3. The summed E-state index contributed by atoms with van der Waals surface area (Å²) < 4.78 is 11.5. The summed E-state index contributed by atoms with van der Waals surface area (Å²) in [5.74, 6) is 0.858. The molecule has 1 aliphatic carbocycles. The van der Waals surface area contributed by atoms with Crippen molar-refractivity contribution in [3.63, 3.8) is 0 Å². The van der Waals surface area contributed by atoms with Gasteiger partial charge in [0.1, 0.15) is 11.9 Å². The molecule has 15 heteroatoms. The van der Waals surface area contributed by atoms with Crippen LogP contribution in [-0.4, -0.2) is 112 Å². The van der Waals surface area contributed by atoms with Crippen LogP contribution >= 0.6 is 34.8 Å². The lowest BCUT2D eigenvalue weighted by atomic mass is 9.81. The Hall–Kier alpha value is -4.23. The molecule has 54 heavy (non-hydrogen) atoms. The van der Waals surface area contributed by atoms with Crippen molar-refractivity contribution < 1.29 is 34.1 Å². The maximum atomic E-state index is 15.0. The van der Waals surface area contributed by atoms with E-state index in [1.54, 1.807) is 18.2 Å². The molecule has 2 bridgehead atoms. The molecule has 286 valence electrons. The lowest BCUT2D eigenvalue weighted by Crippen LogP contribution is -2.65. The quantitative estimate of drug-likeness (QED) is 0.206. The molecule has 1 saturated carbocycles. The highest BCUT2D eigenvalue weighted by atomic mass is 35.5. The van der Waals surface area contributed by atoms with E-state index in [9.17, 15) is 24.6 Å². The first-order chi connectivity index (χ1) is 25.9. The van der Waals surface area contributed by atoms with Crippen molar-refractivity contribution in [2.45, 2.75) is 69.8 Å². The number of nitrogens with zero attached hydrogens (tertiary/aromatic N) is 5. The standard InChI is InChI=1S/C39H42Cl3N5O7/c1-22-13-31(41)36(32(42)14-22)54-28-9-11-44(20-28)34-8-4-24(17-43-34)29-16-27-19-45(38(49)50)21-33(47(27)39(51)52)35(29)37(48)46(26-5-6-26)18-25-15-23(10-12-53-2)3-7-30(25)40/h3-4,7-8,13-15,17,26-28,33H,5-6,9-12,16,18-21H2,1-2H3,(H,49,50)(H,51,52)/t27-,28+,33-/m0/s1. The van der Waals surface area contributed by atoms with Crippen LogP contribution in [0.3, 0.4) is 0 Å². The van der Waals surface area contributed by atoms with Gasteiger partial charge in [0, 0.05) is 62.5 Å². The monoisotopic (exact) mass is 797 g/mol. The molecule has 4 aliphatic rings. The van der Waals surface area contributed by atoms with Gasteiger partial charge in [-0.3, -0.25) is 9.69 Å². The van der Waals surface area contributed by atoms with Gasteiger partial charge in [-0.1, -0.05) is 46.9 Å². The zero-order valence-corrected chi connectivity index (χ0v) is 32.3. The number of carbonyl (C=O) groups excluding carboxylic acids is 1. The van der Waals surface area contributed by atoms with Gasteiger partial charge in [0.2, 0.25) is 0 Å². The fourth-order valence-electron chi connectivity index (χ4n) is 7.86. The van der Waals surface area contributed by atoms with Crippen molar-refractivity contribution in [2.24, 2.45) is 0 Å². The Morgan fingerprint density at radius 2 is 1.70 bits per heavy atom. The molecule has 0 spiro atoms. The molecule has 3 fully saturated rings. The van der Waals surface area contributed by atoms with Gasteiger partial charge in [0.15, 0.2) is 5.75 Å². The van der Waals surface area contributed by atoms with Crippen LogP contribution < -0.4 is 9.64 Å². The molecule has 2 saturated heterocycles. The summed E-state index contributed by atoms with van der Waals surface area (Å²) in [5.41, 5.74) is 4.37. The van der Waals surface area contributed by atoms with Gasteiger partial charge in [-0.15, -0.1) is 0 Å². The smallest absolute Gasteiger partial charge is 0.408 e. The van der Waals surface area contributed by atoms with Crippen molar-refractivity contribution in [1.82, 2.24) is 19.7 Å². The number of benzene rings is 2. The molecule has 12 nitrogen and oxygen atoms in total. The fraction of sp³-hybridized carbons (Fsp3) is 0.436. The topological polar surface area (TPSA) is 136 Å². The third-order valence-corrected chi connectivity index (χ3v) is 11.6. The minimum atomic E-state index is -1.20. The number of carbonyl (C=O) groups is 3. The zero-order valence-electron chi connectivity index (χ0n) is 30.0. The Morgan fingerprint density at radius 1 is 0.944 bits per heavy atom. The number of rotatable bonds is 11.